The van der Waals surface area contributed by atoms with Crippen LogP contribution in [0.3, 0.4) is 0 Å². The number of nitrogens with zero attached hydrogens (tertiary/aromatic N) is 3. The van der Waals surface area contributed by atoms with Gasteiger partial charge in [0.05, 0.1) is 20.1 Å². The second-order valence-corrected chi connectivity index (χ2v) is 10.7. The maximum absolute atomic E-state index is 13.6. The molecule has 0 spiro atoms. The van der Waals surface area contributed by atoms with E-state index in [-0.39, 0.29) is 30.1 Å². The minimum absolute atomic E-state index is 0.0204. The molecule has 2 aromatic carbocycles. The first-order valence-electron chi connectivity index (χ1n) is 13.6. The summed E-state index contributed by atoms with van der Waals surface area (Å²) in [6, 6.07) is 13.5. The Morgan fingerprint density at radius 2 is 1.79 bits per heavy atom. The number of amidine groups is 1. The highest BCUT2D eigenvalue weighted by atomic mass is 35.5. The predicted molar refractivity (Wildman–Crippen MR) is 149 cm³/mol. The minimum Gasteiger partial charge on any atom is -0.493 e. The van der Waals surface area contributed by atoms with Crippen molar-refractivity contribution in [2.45, 2.75) is 63.8 Å². The molecule has 2 aliphatic heterocycles. The number of carbonyl (C=O) groups is 2. The van der Waals surface area contributed by atoms with Crippen molar-refractivity contribution in [1.29, 1.82) is 0 Å². The Bertz CT molecular complexity index is 1220. The van der Waals surface area contributed by atoms with Gasteiger partial charge in [0.25, 0.3) is 0 Å². The highest BCUT2D eigenvalue weighted by Gasteiger charge is 2.50. The van der Waals surface area contributed by atoms with Crippen LogP contribution in [-0.4, -0.2) is 60.5 Å². The molecule has 3 aliphatic rings. The van der Waals surface area contributed by atoms with E-state index in [0.29, 0.717) is 48.9 Å². The van der Waals surface area contributed by atoms with E-state index in [9.17, 15) is 9.59 Å². The van der Waals surface area contributed by atoms with Crippen LogP contribution in [0.4, 0.5) is 0 Å². The average Bonchev–Trinajstić information content (AvgIpc) is 3.39. The van der Waals surface area contributed by atoms with E-state index in [1.165, 1.54) is 0 Å². The van der Waals surface area contributed by atoms with Crippen molar-refractivity contribution in [2.75, 3.05) is 20.8 Å². The Balaban J connectivity index is 1.19. The molecule has 2 heterocycles. The Hall–Kier alpha value is -3.46. The van der Waals surface area contributed by atoms with E-state index in [2.05, 4.69) is 20.7 Å². The zero-order valence-corrected chi connectivity index (χ0v) is 23.2. The number of rotatable bonds is 10. The van der Waals surface area contributed by atoms with Gasteiger partial charge in [-0.3, -0.25) is 19.9 Å². The van der Waals surface area contributed by atoms with E-state index in [4.69, 9.17) is 21.1 Å². The number of ether oxygens (including phenoxy) is 2. The number of hydrogen-bond acceptors (Lipinski definition) is 7. The van der Waals surface area contributed by atoms with Crippen molar-refractivity contribution in [2.24, 2.45) is 11.0 Å². The minimum atomic E-state index is -0.337. The van der Waals surface area contributed by atoms with Gasteiger partial charge in [-0.05, 0) is 54.7 Å². The number of amides is 2. The summed E-state index contributed by atoms with van der Waals surface area (Å²) in [4.78, 5) is 30.4. The van der Waals surface area contributed by atoms with Crippen LogP contribution in [0.2, 0.25) is 5.02 Å². The van der Waals surface area contributed by atoms with Crippen molar-refractivity contribution in [3.8, 4) is 11.5 Å². The van der Waals surface area contributed by atoms with E-state index < -0.39 is 0 Å². The molecule has 39 heavy (non-hydrogen) atoms. The highest BCUT2D eigenvalue weighted by molar-refractivity contribution is 6.30. The molecular formula is C29H36ClN5O4. The molecule has 2 aromatic rings. The topological polar surface area (TPSA) is 95.5 Å². The summed E-state index contributed by atoms with van der Waals surface area (Å²) in [5.41, 5.74) is 5.28. The Kier molecular flexibility index (Phi) is 8.45. The maximum atomic E-state index is 13.6. The van der Waals surface area contributed by atoms with Crippen LogP contribution in [0.5, 0.6) is 11.5 Å². The SMILES string of the molecule is COc1ccc(CCNC(=O)CCC2=NNC3N(Cc4ccc(Cl)cc4)C(=O)C4CCCCC4N23)cc1OC. The number of carbonyl (C=O) groups excluding carboxylic acids is 2. The summed E-state index contributed by atoms with van der Waals surface area (Å²) in [5, 5.41) is 8.31. The third-order valence-electron chi connectivity index (χ3n) is 7.88. The molecule has 10 heteroatoms. The quantitative estimate of drug-likeness (QED) is 0.463. The fourth-order valence-electron chi connectivity index (χ4n) is 5.88. The van der Waals surface area contributed by atoms with Crippen LogP contribution < -0.4 is 20.2 Å². The number of halogens is 1. The lowest BCUT2D eigenvalue weighted by Gasteiger charge is -2.50. The van der Waals surface area contributed by atoms with Gasteiger partial charge in [-0.25, -0.2) is 0 Å². The van der Waals surface area contributed by atoms with Gasteiger partial charge in [0, 0.05) is 37.0 Å². The zero-order chi connectivity index (χ0) is 27.4. The lowest BCUT2D eigenvalue weighted by atomic mass is 9.80. The van der Waals surface area contributed by atoms with Crippen molar-refractivity contribution in [3.05, 3.63) is 58.6 Å². The molecule has 2 N–H and O–H groups in total. The number of fused-ring (bicyclic) bond motifs is 3. The molecule has 3 unspecified atom stereocenters. The molecular weight excluding hydrogens is 518 g/mol. The van der Waals surface area contributed by atoms with Gasteiger partial charge in [-0.15, -0.1) is 0 Å². The molecule has 0 aromatic heterocycles. The van der Waals surface area contributed by atoms with Crippen LogP contribution in [0.1, 0.15) is 49.7 Å². The molecule has 3 atom stereocenters. The van der Waals surface area contributed by atoms with Crippen LogP contribution in [0.15, 0.2) is 47.6 Å². The first kappa shape index (κ1) is 27.1. The van der Waals surface area contributed by atoms with Crippen molar-refractivity contribution in [3.63, 3.8) is 0 Å². The smallest absolute Gasteiger partial charge is 0.231 e. The first-order valence-corrected chi connectivity index (χ1v) is 14.0. The van der Waals surface area contributed by atoms with E-state index in [0.717, 1.165) is 42.6 Å². The molecule has 2 amide bonds. The van der Waals surface area contributed by atoms with Gasteiger partial charge < -0.3 is 19.7 Å². The molecule has 2 fully saturated rings. The van der Waals surface area contributed by atoms with Gasteiger partial charge in [0.2, 0.25) is 11.8 Å². The first-order chi connectivity index (χ1) is 19.0. The van der Waals surface area contributed by atoms with E-state index in [1.807, 2.05) is 47.4 Å². The predicted octanol–water partition coefficient (Wildman–Crippen LogP) is 3.90. The van der Waals surface area contributed by atoms with Gasteiger partial charge in [-0.1, -0.05) is 42.6 Å². The summed E-state index contributed by atoms with van der Waals surface area (Å²) in [7, 11) is 3.22. The molecule has 0 radical (unpaired) electrons. The molecule has 1 saturated carbocycles. The largest absolute Gasteiger partial charge is 0.493 e. The number of benzene rings is 2. The summed E-state index contributed by atoms with van der Waals surface area (Å²) < 4.78 is 10.7. The summed E-state index contributed by atoms with van der Waals surface area (Å²) >= 11 is 6.07. The molecule has 208 valence electrons. The Morgan fingerprint density at radius 3 is 2.56 bits per heavy atom. The van der Waals surface area contributed by atoms with E-state index in [1.54, 1.807) is 14.2 Å². The highest BCUT2D eigenvalue weighted by Crippen LogP contribution is 2.38. The van der Waals surface area contributed by atoms with E-state index >= 15 is 0 Å². The van der Waals surface area contributed by atoms with Crippen LogP contribution in [0.25, 0.3) is 0 Å². The third-order valence-corrected chi connectivity index (χ3v) is 8.13. The standard InChI is InChI=1S/C29H36ClN5O4/c1-38-24-12-9-19(17-25(24)39-2)15-16-31-27(36)14-13-26-32-33-29-34(18-20-7-10-21(30)11-8-20)28(37)22-5-3-4-6-23(22)35(26)29/h7-12,17,22-23,29,33H,3-6,13-16,18H2,1-2H3,(H,31,36). The fourth-order valence-corrected chi connectivity index (χ4v) is 6.01. The van der Waals surface area contributed by atoms with Crippen LogP contribution in [0, 0.1) is 5.92 Å². The van der Waals surface area contributed by atoms with Crippen molar-refractivity contribution >= 4 is 29.3 Å². The number of hydrogen-bond donors (Lipinski definition) is 2. The van der Waals surface area contributed by atoms with Crippen molar-refractivity contribution in [1.82, 2.24) is 20.5 Å². The second-order valence-electron chi connectivity index (χ2n) is 10.3. The maximum Gasteiger partial charge on any atom is 0.231 e. The molecule has 5 rings (SSSR count). The molecule has 9 nitrogen and oxygen atoms in total. The zero-order valence-electron chi connectivity index (χ0n) is 22.5. The van der Waals surface area contributed by atoms with Crippen LogP contribution >= 0.6 is 11.6 Å². The third kappa shape index (κ3) is 5.93. The summed E-state index contributed by atoms with van der Waals surface area (Å²) in [6.45, 7) is 1.01. The Morgan fingerprint density at radius 1 is 1.05 bits per heavy atom. The average molecular weight is 554 g/mol. The van der Waals surface area contributed by atoms with Crippen molar-refractivity contribution < 1.29 is 19.1 Å². The molecule has 1 saturated heterocycles. The monoisotopic (exact) mass is 553 g/mol. The lowest BCUT2D eigenvalue weighted by molar-refractivity contribution is -0.156. The van der Waals surface area contributed by atoms with Gasteiger partial charge in [0.1, 0.15) is 5.84 Å². The molecule has 1 aliphatic carbocycles. The van der Waals surface area contributed by atoms with Gasteiger partial charge in [-0.2, -0.15) is 5.10 Å². The second kappa shape index (κ2) is 12.2. The normalized spacial score (nSPS) is 22.0. The lowest BCUT2D eigenvalue weighted by Crippen LogP contribution is -2.67. The van der Waals surface area contributed by atoms with Gasteiger partial charge >= 0.3 is 0 Å². The number of methoxy groups -OCH3 is 2. The summed E-state index contributed by atoms with van der Waals surface area (Å²) in [6.07, 6.45) is 5.19. The van der Waals surface area contributed by atoms with Gasteiger partial charge in [0.15, 0.2) is 17.8 Å². The Labute approximate surface area is 234 Å². The summed E-state index contributed by atoms with van der Waals surface area (Å²) in [5.74, 6) is 2.30. The number of nitrogens with one attached hydrogen (secondary N) is 2. The number of hydrazone groups is 1. The molecule has 0 bridgehead atoms. The fraction of sp³-hybridized carbons (Fsp3) is 0.483. The van der Waals surface area contributed by atoms with Crippen LogP contribution in [-0.2, 0) is 22.6 Å².